The van der Waals surface area contributed by atoms with Gasteiger partial charge in [0.25, 0.3) is 0 Å². The highest BCUT2D eigenvalue weighted by molar-refractivity contribution is 6.12. The van der Waals surface area contributed by atoms with Gasteiger partial charge in [-0.15, -0.1) is 0 Å². The molecule has 326 valence electrons. The predicted octanol–water partition coefficient (Wildman–Crippen LogP) is 17.8. The van der Waals surface area contributed by atoms with Crippen molar-refractivity contribution in [2.75, 3.05) is 0 Å². The molecule has 0 aliphatic rings. The molecule has 0 aliphatic carbocycles. The first-order chi connectivity index (χ1) is 34.1. The van der Waals surface area contributed by atoms with Crippen LogP contribution in [0.5, 0.6) is 0 Å². The van der Waals surface area contributed by atoms with Gasteiger partial charge in [-0.3, -0.25) is 0 Å². The van der Waals surface area contributed by atoms with Crippen LogP contribution in [0.4, 0.5) is 0 Å². The quantitative estimate of drug-likeness (QED) is 0.126. The van der Waals surface area contributed by atoms with Crippen LogP contribution < -0.4 is 0 Å². The lowest BCUT2D eigenvalue weighted by Crippen LogP contribution is -1.97. The minimum atomic E-state index is 0.915. The van der Waals surface area contributed by atoms with Crippen molar-refractivity contribution >= 4 is 49.2 Å². The van der Waals surface area contributed by atoms with E-state index in [0.717, 1.165) is 56.1 Å². The Morgan fingerprint density at radius 3 is 1.52 bits per heavy atom. The molecule has 69 heavy (non-hydrogen) atoms. The smallest absolute Gasteiger partial charge is 0.0716 e. The lowest BCUT2D eigenvalue weighted by atomic mass is 9.98. The standard InChI is InChI=1S/C66H47N3/c1-3-5-20-45(4-2)61-42-54(48-25-13-8-14-26-48)43-62(67-61)51-27-19-28-55(38-51)68-64-32-18-16-30-58(64)60-41-49(34-36-65(60)68)50-33-35-59-57-29-15-17-31-63(57)69(66(59)44-50)56-39-52(46-21-9-6-10-22-46)37-53(40-56)47-23-11-7-12-24-47/h3-44H,1H2,2H3/b20-5-,45-4+. The first-order valence-corrected chi connectivity index (χ1v) is 23.6. The van der Waals surface area contributed by atoms with E-state index < -0.39 is 0 Å². The van der Waals surface area contributed by atoms with Crippen molar-refractivity contribution in [2.45, 2.75) is 6.92 Å². The van der Waals surface area contributed by atoms with E-state index in [2.05, 4.69) is 265 Å². The zero-order valence-electron chi connectivity index (χ0n) is 38.3. The number of para-hydroxylation sites is 2. The summed E-state index contributed by atoms with van der Waals surface area (Å²) < 4.78 is 4.85. The summed E-state index contributed by atoms with van der Waals surface area (Å²) in [6, 6.07) is 83.6. The number of fused-ring (bicyclic) bond motifs is 6. The van der Waals surface area contributed by atoms with Crippen molar-refractivity contribution in [1.29, 1.82) is 0 Å². The van der Waals surface area contributed by atoms with Gasteiger partial charge >= 0.3 is 0 Å². The molecular weight excluding hydrogens is 835 g/mol. The molecule has 0 saturated carbocycles. The molecule has 0 saturated heterocycles. The maximum Gasteiger partial charge on any atom is 0.0716 e. The molecule has 3 heteroatoms. The van der Waals surface area contributed by atoms with E-state index in [0.29, 0.717) is 0 Å². The summed E-state index contributed by atoms with van der Waals surface area (Å²) in [5, 5.41) is 4.87. The Hall–Kier alpha value is -9.05. The minimum Gasteiger partial charge on any atom is -0.309 e. The second-order valence-corrected chi connectivity index (χ2v) is 17.6. The van der Waals surface area contributed by atoms with Crippen LogP contribution in [-0.2, 0) is 0 Å². The average molecular weight is 882 g/mol. The number of rotatable bonds is 10. The summed E-state index contributed by atoms with van der Waals surface area (Å²) in [5.41, 5.74) is 20.1. The molecule has 0 spiro atoms. The van der Waals surface area contributed by atoms with Crippen LogP contribution in [0.3, 0.4) is 0 Å². The zero-order chi connectivity index (χ0) is 46.3. The van der Waals surface area contributed by atoms with Gasteiger partial charge in [0.15, 0.2) is 0 Å². The summed E-state index contributed by atoms with van der Waals surface area (Å²) >= 11 is 0. The molecule has 3 aromatic heterocycles. The highest BCUT2D eigenvalue weighted by Crippen LogP contribution is 2.40. The Bertz CT molecular complexity index is 3900. The van der Waals surface area contributed by atoms with Crippen LogP contribution in [0.25, 0.3) is 116 Å². The van der Waals surface area contributed by atoms with Crippen molar-refractivity contribution in [3.63, 3.8) is 0 Å². The van der Waals surface area contributed by atoms with Crippen molar-refractivity contribution in [3.8, 4) is 67.1 Å². The van der Waals surface area contributed by atoms with Crippen LogP contribution in [0.2, 0.25) is 0 Å². The summed E-state index contributed by atoms with van der Waals surface area (Å²) in [5.74, 6) is 0. The lowest BCUT2D eigenvalue weighted by Gasteiger charge is -2.14. The largest absolute Gasteiger partial charge is 0.309 e. The third-order valence-corrected chi connectivity index (χ3v) is 13.4. The Labute approximate surface area is 402 Å². The summed E-state index contributed by atoms with van der Waals surface area (Å²) in [7, 11) is 0. The van der Waals surface area contributed by atoms with Crippen molar-refractivity contribution in [3.05, 3.63) is 267 Å². The normalized spacial score (nSPS) is 11.9. The van der Waals surface area contributed by atoms with E-state index in [1.165, 1.54) is 66.0 Å². The van der Waals surface area contributed by atoms with Gasteiger partial charge in [-0.25, -0.2) is 4.98 Å². The fraction of sp³-hybridized carbons (Fsp3) is 0.0152. The number of benzene rings is 9. The molecule has 0 amide bonds. The third-order valence-electron chi connectivity index (χ3n) is 13.4. The average Bonchev–Trinajstić information content (AvgIpc) is 3.94. The van der Waals surface area contributed by atoms with Gasteiger partial charge in [-0.05, 0) is 130 Å². The van der Waals surface area contributed by atoms with E-state index in [4.69, 9.17) is 4.98 Å². The van der Waals surface area contributed by atoms with Gasteiger partial charge in [-0.2, -0.15) is 0 Å². The topological polar surface area (TPSA) is 22.8 Å². The van der Waals surface area contributed by atoms with E-state index in [9.17, 15) is 0 Å². The van der Waals surface area contributed by atoms with Crippen molar-refractivity contribution in [2.24, 2.45) is 0 Å². The van der Waals surface area contributed by atoms with E-state index in [1.54, 1.807) is 6.08 Å². The van der Waals surface area contributed by atoms with E-state index >= 15 is 0 Å². The Kier molecular flexibility index (Phi) is 10.6. The highest BCUT2D eigenvalue weighted by Gasteiger charge is 2.18. The zero-order valence-corrected chi connectivity index (χ0v) is 38.3. The molecule has 0 radical (unpaired) electrons. The number of nitrogens with zero attached hydrogens (tertiary/aromatic N) is 3. The molecule has 0 fully saturated rings. The molecule has 0 aliphatic heterocycles. The maximum atomic E-state index is 5.28. The number of hydrogen-bond acceptors (Lipinski definition) is 1. The second-order valence-electron chi connectivity index (χ2n) is 17.6. The van der Waals surface area contributed by atoms with Crippen LogP contribution in [0.15, 0.2) is 261 Å². The Morgan fingerprint density at radius 2 is 0.884 bits per heavy atom. The molecule has 3 nitrogen and oxygen atoms in total. The first kappa shape index (κ1) is 41.4. The van der Waals surface area contributed by atoms with Gasteiger partial charge in [0.1, 0.15) is 0 Å². The fourth-order valence-corrected chi connectivity index (χ4v) is 10.1. The van der Waals surface area contributed by atoms with Crippen molar-refractivity contribution < 1.29 is 0 Å². The van der Waals surface area contributed by atoms with Gasteiger partial charge in [-0.1, -0.05) is 189 Å². The SMILES string of the molecule is C=C/C=C\C(=C/C)c1cc(-c2ccccc2)cc(-c2cccc(-n3c4ccccc4c4cc(-c5ccc6c7ccccc7n(-c7cc(-c8ccccc8)cc(-c8ccccc8)c7)c6c5)ccc43)c2)n1. The number of aromatic nitrogens is 3. The second kappa shape index (κ2) is 17.6. The summed E-state index contributed by atoms with van der Waals surface area (Å²) in [4.78, 5) is 5.28. The summed E-state index contributed by atoms with van der Waals surface area (Å²) in [6.07, 6.45) is 7.94. The summed E-state index contributed by atoms with van der Waals surface area (Å²) in [6.45, 7) is 5.96. The lowest BCUT2D eigenvalue weighted by molar-refractivity contribution is 1.18. The maximum absolute atomic E-state index is 5.28. The van der Waals surface area contributed by atoms with Gasteiger partial charge in [0.2, 0.25) is 0 Å². The molecule has 0 N–H and O–H groups in total. The number of hydrogen-bond donors (Lipinski definition) is 0. The molecular formula is C66H47N3. The van der Waals surface area contributed by atoms with Gasteiger partial charge < -0.3 is 9.13 Å². The Morgan fingerprint density at radius 1 is 0.377 bits per heavy atom. The van der Waals surface area contributed by atoms with E-state index in [-0.39, 0.29) is 0 Å². The van der Waals surface area contributed by atoms with Gasteiger partial charge in [0.05, 0.1) is 33.5 Å². The third kappa shape index (κ3) is 7.57. The molecule has 12 rings (SSSR count). The monoisotopic (exact) mass is 881 g/mol. The molecule has 0 atom stereocenters. The van der Waals surface area contributed by atoms with Crippen LogP contribution >= 0.6 is 0 Å². The fourth-order valence-electron chi connectivity index (χ4n) is 10.1. The Balaban J connectivity index is 0.996. The van der Waals surface area contributed by atoms with Crippen LogP contribution in [-0.4, -0.2) is 14.1 Å². The minimum absolute atomic E-state index is 0.915. The molecule has 9 aromatic carbocycles. The highest BCUT2D eigenvalue weighted by atomic mass is 15.0. The van der Waals surface area contributed by atoms with Crippen LogP contribution in [0, 0.1) is 0 Å². The molecule has 0 unspecified atom stereocenters. The van der Waals surface area contributed by atoms with Crippen molar-refractivity contribution in [1.82, 2.24) is 14.1 Å². The van der Waals surface area contributed by atoms with Crippen LogP contribution in [0.1, 0.15) is 12.6 Å². The first-order valence-electron chi connectivity index (χ1n) is 23.6. The van der Waals surface area contributed by atoms with E-state index in [1.807, 2.05) is 6.08 Å². The molecule has 12 aromatic rings. The van der Waals surface area contributed by atoms with Gasteiger partial charge in [0, 0.05) is 38.5 Å². The number of pyridine rings is 1. The number of allylic oxidation sites excluding steroid dienone is 5. The molecule has 0 bridgehead atoms. The molecule has 3 heterocycles. The predicted molar refractivity (Wildman–Crippen MR) is 293 cm³/mol.